The van der Waals surface area contributed by atoms with Crippen LogP contribution >= 0.6 is 0 Å². The lowest BCUT2D eigenvalue weighted by molar-refractivity contribution is 0.569. The lowest BCUT2D eigenvalue weighted by Gasteiger charge is -2.09. The number of nitrogen functional groups attached to an aromatic ring is 1. The summed E-state index contributed by atoms with van der Waals surface area (Å²) in [5.74, 6) is -0.589. The number of nitrogens with two attached hydrogens (primary N) is 1. The molecule has 0 atom stereocenters. The number of imidazole rings is 1. The summed E-state index contributed by atoms with van der Waals surface area (Å²) in [5.41, 5.74) is 5.49. The van der Waals surface area contributed by atoms with E-state index >= 15 is 0 Å². The molecule has 0 aliphatic carbocycles. The van der Waals surface area contributed by atoms with Gasteiger partial charge in [0.2, 0.25) is 10.0 Å². The van der Waals surface area contributed by atoms with Gasteiger partial charge in [-0.15, -0.1) is 0 Å². The molecule has 0 radical (unpaired) electrons. The fourth-order valence-electron chi connectivity index (χ4n) is 1.89. The van der Waals surface area contributed by atoms with Crippen LogP contribution in [0.4, 0.5) is 10.1 Å². The molecule has 0 spiro atoms. The van der Waals surface area contributed by atoms with Crippen molar-refractivity contribution in [3.05, 3.63) is 42.2 Å². The molecule has 0 saturated heterocycles. The second kappa shape index (κ2) is 6.23. The van der Waals surface area contributed by atoms with Crippen LogP contribution in [0.3, 0.4) is 0 Å². The van der Waals surface area contributed by atoms with E-state index in [1.54, 1.807) is 18.7 Å². The van der Waals surface area contributed by atoms with E-state index in [4.69, 9.17) is 5.73 Å². The molecule has 0 aliphatic heterocycles. The van der Waals surface area contributed by atoms with Crippen LogP contribution < -0.4 is 10.5 Å². The Labute approximate surface area is 122 Å². The van der Waals surface area contributed by atoms with Crippen molar-refractivity contribution in [2.75, 3.05) is 12.3 Å². The quantitative estimate of drug-likeness (QED) is 0.621. The molecule has 1 aromatic carbocycles. The second-order valence-electron chi connectivity index (χ2n) is 4.70. The molecule has 6 nitrogen and oxygen atoms in total. The fourth-order valence-corrected chi connectivity index (χ4v) is 3.08. The molecule has 8 heteroatoms. The van der Waals surface area contributed by atoms with Crippen molar-refractivity contribution in [3.63, 3.8) is 0 Å². The monoisotopic (exact) mass is 312 g/mol. The minimum absolute atomic E-state index is 0.0264. The van der Waals surface area contributed by atoms with Gasteiger partial charge >= 0.3 is 0 Å². The zero-order valence-electron chi connectivity index (χ0n) is 11.6. The zero-order valence-corrected chi connectivity index (χ0v) is 12.4. The molecule has 0 unspecified atom stereocenters. The number of hydrogen-bond donors (Lipinski definition) is 2. The second-order valence-corrected chi connectivity index (χ2v) is 6.46. The van der Waals surface area contributed by atoms with Gasteiger partial charge in [-0.2, -0.15) is 0 Å². The summed E-state index contributed by atoms with van der Waals surface area (Å²) in [6, 6.07) is 2.39. The molecule has 0 aliphatic rings. The van der Waals surface area contributed by atoms with E-state index in [0.29, 0.717) is 13.0 Å². The summed E-state index contributed by atoms with van der Waals surface area (Å²) in [4.78, 5) is 3.87. The van der Waals surface area contributed by atoms with Crippen molar-refractivity contribution >= 4 is 15.7 Å². The Kier molecular flexibility index (Phi) is 4.59. The number of aryl methyl sites for hydroxylation is 2. The predicted octanol–water partition coefficient (Wildman–Crippen LogP) is 1.28. The molecule has 21 heavy (non-hydrogen) atoms. The van der Waals surface area contributed by atoms with E-state index in [1.165, 1.54) is 13.0 Å². The standard InChI is InChI=1S/C13H17FN4O2S/c1-10-7-11(8-12(15)13(10)14)21(19,20)17-3-2-5-18-6-4-16-9-18/h4,6-9,17H,2-3,5,15H2,1H3. The molecule has 114 valence electrons. The molecule has 3 N–H and O–H groups in total. The third kappa shape index (κ3) is 3.79. The molecule has 0 amide bonds. The normalized spacial score (nSPS) is 11.7. The Morgan fingerprint density at radius 2 is 2.19 bits per heavy atom. The lowest BCUT2D eigenvalue weighted by atomic mass is 10.2. The first-order valence-electron chi connectivity index (χ1n) is 6.41. The van der Waals surface area contributed by atoms with E-state index in [0.717, 1.165) is 6.07 Å². The Hall–Kier alpha value is -1.93. The Morgan fingerprint density at radius 3 is 2.81 bits per heavy atom. The van der Waals surface area contributed by atoms with E-state index in [-0.39, 0.29) is 22.7 Å². The van der Waals surface area contributed by atoms with Gasteiger partial charge in [0.15, 0.2) is 0 Å². The SMILES string of the molecule is Cc1cc(S(=O)(=O)NCCCn2ccnc2)cc(N)c1F. The Morgan fingerprint density at radius 1 is 1.43 bits per heavy atom. The highest BCUT2D eigenvalue weighted by Gasteiger charge is 2.16. The average Bonchev–Trinajstić information content (AvgIpc) is 2.93. The molecule has 1 heterocycles. The van der Waals surface area contributed by atoms with Crippen molar-refractivity contribution in [2.24, 2.45) is 0 Å². The van der Waals surface area contributed by atoms with Crippen LogP contribution in [0, 0.1) is 12.7 Å². The van der Waals surface area contributed by atoms with Gasteiger partial charge in [0.1, 0.15) is 5.82 Å². The number of halogens is 1. The van der Waals surface area contributed by atoms with Crippen LogP contribution in [0.5, 0.6) is 0 Å². The summed E-state index contributed by atoms with van der Waals surface area (Å²) < 4.78 is 41.9. The van der Waals surface area contributed by atoms with Gasteiger partial charge in [0, 0.05) is 25.5 Å². The van der Waals surface area contributed by atoms with Crippen molar-refractivity contribution in [1.29, 1.82) is 0 Å². The van der Waals surface area contributed by atoms with Crippen LogP contribution in [0.15, 0.2) is 35.7 Å². The molecule has 0 bridgehead atoms. The minimum Gasteiger partial charge on any atom is -0.396 e. The van der Waals surface area contributed by atoms with Crippen molar-refractivity contribution in [1.82, 2.24) is 14.3 Å². The number of rotatable bonds is 6. The molecular weight excluding hydrogens is 295 g/mol. The van der Waals surface area contributed by atoms with Gasteiger partial charge in [-0.05, 0) is 31.0 Å². The summed E-state index contributed by atoms with van der Waals surface area (Å²) in [6.45, 7) is 2.41. The van der Waals surface area contributed by atoms with Crippen LogP contribution in [0.1, 0.15) is 12.0 Å². The van der Waals surface area contributed by atoms with E-state index in [1.807, 2.05) is 4.57 Å². The summed E-state index contributed by atoms with van der Waals surface area (Å²) in [5, 5.41) is 0. The van der Waals surface area contributed by atoms with Gasteiger partial charge in [-0.1, -0.05) is 0 Å². The van der Waals surface area contributed by atoms with Gasteiger partial charge < -0.3 is 10.3 Å². The average molecular weight is 312 g/mol. The number of hydrogen-bond acceptors (Lipinski definition) is 4. The molecular formula is C13H17FN4O2S. The smallest absolute Gasteiger partial charge is 0.240 e. The highest BCUT2D eigenvalue weighted by Crippen LogP contribution is 2.20. The Bertz CT molecular complexity index is 691. The number of nitrogens with one attached hydrogen (secondary N) is 1. The molecule has 0 fully saturated rings. The summed E-state index contributed by atoms with van der Waals surface area (Å²) >= 11 is 0. The first kappa shape index (κ1) is 15.5. The Balaban J connectivity index is 1.98. The van der Waals surface area contributed by atoms with E-state index < -0.39 is 15.8 Å². The first-order valence-corrected chi connectivity index (χ1v) is 7.89. The minimum atomic E-state index is -3.68. The van der Waals surface area contributed by atoms with Gasteiger partial charge in [0.05, 0.1) is 16.9 Å². The molecule has 2 rings (SSSR count). The largest absolute Gasteiger partial charge is 0.396 e. The fraction of sp³-hybridized carbons (Fsp3) is 0.308. The summed E-state index contributed by atoms with van der Waals surface area (Å²) in [7, 11) is -3.68. The van der Waals surface area contributed by atoms with Crippen molar-refractivity contribution < 1.29 is 12.8 Å². The number of aromatic nitrogens is 2. The predicted molar refractivity (Wildman–Crippen MR) is 77.6 cm³/mol. The van der Waals surface area contributed by atoms with E-state index in [2.05, 4.69) is 9.71 Å². The van der Waals surface area contributed by atoms with Gasteiger partial charge in [-0.25, -0.2) is 22.5 Å². The lowest BCUT2D eigenvalue weighted by Crippen LogP contribution is -2.25. The number of benzene rings is 1. The maximum atomic E-state index is 13.4. The molecule has 2 aromatic rings. The third-order valence-electron chi connectivity index (χ3n) is 3.01. The third-order valence-corrected chi connectivity index (χ3v) is 4.45. The highest BCUT2D eigenvalue weighted by atomic mass is 32.2. The van der Waals surface area contributed by atoms with Gasteiger partial charge in [-0.3, -0.25) is 0 Å². The van der Waals surface area contributed by atoms with Crippen LogP contribution in [-0.4, -0.2) is 24.5 Å². The van der Waals surface area contributed by atoms with E-state index in [9.17, 15) is 12.8 Å². The highest BCUT2D eigenvalue weighted by molar-refractivity contribution is 7.89. The first-order chi connectivity index (χ1) is 9.90. The van der Waals surface area contributed by atoms with Crippen molar-refractivity contribution in [2.45, 2.75) is 24.8 Å². The number of sulfonamides is 1. The van der Waals surface area contributed by atoms with Crippen LogP contribution in [0.2, 0.25) is 0 Å². The van der Waals surface area contributed by atoms with Crippen LogP contribution in [-0.2, 0) is 16.6 Å². The summed E-state index contributed by atoms with van der Waals surface area (Å²) in [6.07, 6.45) is 5.75. The van der Waals surface area contributed by atoms with Crippen molar-refractivity contribution in [3.8, 4) is 0 Å². The number of nitrogens with zero attached hydrogens (tertiary/aromatic N) is 2. The maximum Gasteiger partial charge on any atom is 0.240 e. The molecule has 1 aromatic heterocycles. The zero-order chi connectivity index (χ0) is 15.5. The maximum absolute atomic E-state index is 13.4. The van der Waals surface area contributed by atoms with Crippen LogP contribution in [0.25, 0.3) is 0 Å². The number of anilines is 1. The molecule has 0 saturated carbocycles. The van der Waals surface area contributed by atoms with Gasteiger partial charge in [0.25, 0.3) is 0 Å². The topological polar surface area (TPSA) is 90.0 Å².